The molecule has 0 heterocycles. The molecule has 1 amide bonds. The van der Waals surface area contributed by atoms with Crippen LogP contribution in [-0.4, -0.2) is 5.91 Å². The van der Waals surface area contributed by atoms with Gasteiger partial charge in [0, 0.05) is 24.1 Å². The molecule has 2 rings (SSSR count). The summed E-state index contributed by atoms with van der Waals surface area (Å²) in [5, 5.41) is 3.35. The molecule has 3 N–H and O–H groups in total. The molecule has 2 aromatic carbocycles. The van der Waals surface area contributed by atoms with E-state index < -0.39 is 0 Å². The van der Waals surface area contributed by atoms with Crippen LogP contribution in [0.5, 0.6) is 5.75 Å². The lowest BCUT2D eigenvalue weighted by Gasteiger charge is -2.12. The Kier molecular flexibility index (Phi) is 5.20. The molecule has 5 heteroatoms. The van der Waals surface area contributed by atoms with E-state index in [1.165, 1.54) is 6.92 Å². The standard InChI is InChI=1S/C16H17ClN2O2/c1-11(20)19-15-4-2-3-5-16(15)21-10-13-7-6-12(9-18)8-14(13)17/h2-8H,9-10,18H2,1H3,(H,19,20). The van der Waals surface area contributed by atoms with Crippen LogP contribution >= 0.6 is 11.6 Å². The summed E-state index contributed by atoms with van der Waals surface area (Å²) in [4.78, 5) is 11.2. The van der Waals surface area contributed by atoms with Crippen LogP contribution in [0.25, 0.3) is 0 Å². The van der Waals surface area contributed by atoms with Crippen molar-refractivity contribution in [1.29, 1.82) is 0 Å². The summed E-state index contributed by atoms with van der Waals surface area (Å²) in [7, 11) is 0. The SMILES string of the molecule is CC(=O)Nc1ccccc1OCc1ccc(CN)cc1Cl. The van der Waals surface area contributed by atoms with Gasteiger partial charge in [0.15, 0.2) is 0 Å². The van der Waals surface area contributed by atoms with Crippen molar-refractivity contribution in [3.05, 3.63) is 58.6 Å². The molecule has 0 aromatic heterocycles. The Labute approximate surface area is 128 Å². The summed E-state index contributed by atoms with van der Waals surface area (Å²) in [5.74, 6) is 0.461. The highest BCUT2D eigenvalue weighted by molar-refractivity contribution is 6.31. The first-order valence-corrected chi connectivity index (χ1v) is 6.94. The Balaban J connectivity index is 2.11. The zero-order chi connectivity index (χ0) is 15.2. The van der Waals surface area contributed by atoms with Gasteiger partial charge in [0.1, 0.15) is 12.4 Å². The van der Waals surface area contributed by atoms with E-state index in [0.717, 1.165) is 11.1 Å². The van der Waals surface area contributed by atoms with Gasteiger partial charge in [-0.05, 0) is 23.8 Å². The molecular weight excluding hydrogens is 288 g/mol. The molecule has 0 radical (unpaired) electrons. The molecule has 0 spiro atoms. The lowest BCUT2D eigenvalue weighted by atomic mass is 10.1. The Bertz CT molecular complexity index is 644. The number of para-hydroxylation sites is 2. The number of hydrogen-bond acceptors (Lipinski definition) is 3. The summed E-state index contributed by atoms with van der Waals surface area (Å²) in [5.41, 5.74) is 8.05. The molecule has 0 fully saturated rings. The molecule has 0 aliphatic heterocycles. The number of hydrogen-bond donors (Lipinski definition) is 2. The van der Waals surface area contributed by atoms with Gasteiger partial charge in [-0.2, -0.15) is 0 Å². The maximum atomic E-state index is 11.2. The van der Waals surface area contributed by atoms with Crippen molar-refractivity contribution in [2.45, 2.75) is 20.1 Å². The van der Waals surface area contributed by atoms with Crippen LogP contribution < -0.4 is 15.8 Å². The fraction of sp³-hybridized carbons (Fsp3) is 0.188. The monoisotopic (exact) mass is 304 g/mol. The Morgan fingerprint density at radius 3 is 2.71 bits per heavy atom. The second-order valence-corrected chi connectivity index (χ2v) is 5.00. The number of benzene rings is 2. The highest BCUT2D eigenvalue weighted by Gasteiger charge is 2.07. The summed E-state index contributed by atoms with van der Waals surface area (Å²) in [6.07, 6.45) is 0. The van der Waals surface area contributed by atoms with Crippen LogP contribution in [0.3, 0.4) is 0 Å². The van der Waals surface area contributed by atoms with Crippen molar-refractivity contribution in [3.63, 3.8) is 0 Å². The molecule has 0 aliphatic rings. The largest absolute Gasteiger partial charge is 0.487 e. The zero-order valence-electron chi connectivity index (χ0n) is 11.7. The first-order chi connectivity index (χ1) is 10.1. The number of rotatable bonds is 5. The number of nitrogens with one attached hydrogen (secondary N) is 1. The van der Waals surface area contributed by atoms with Gasteiger partial charge >= 0.3 is 0 Å². The molecule has 21 heavy (non-hydrogen) atoms. The summed E-state index contributed by atoms with van der Waals surface area (Å²) >= 11 is 6.19. The van der Waals surface area contributed by atoms with Crippen LogP contribution in [0.4, 0.5) is 5.69 Å². The van der Waals surface area contributed by atoms with Gasteiger partial charge in [0.2, 0.25) is 5.91 Å². The minimum absolute atomic E-state index is 0.142. The molecule has 0 atom stereocenters. The molecular formula is C16H17ClN2O2. The highest BCUT2D eigenvalue weighted by atomic mass is 35.5. The minimum atomic E-state index is -0.142. The van der Waals surface area contributed by atoms with Crippen molar-refractivity contribution in [2.24, 2.45) is 5.73 Å². The van der Waals surface area contributed by atoms with Crippen LogP contribution in [0.1, 0.15) is 18.1 Å². The molecule has 0 unspecified atom stereocenters. The maximum absolute atomic E-state index is 11.2. The van der Waals surface area contributed by atoms with Crippen LogP contribution in [0, 0.1) is 0 Å². The van der Waals surface area contributed by atoms with E-state index in [9.17, 15) is 4.79 Å². The number of anilines is 1. The van der Waals surface area contributed by atoms with Gasteiger partial charge < -0.3 is 15.8 Å². The van der Waals surface area contributed by atoms with Crippen molar-refractivity contribution in [2.75, 3.05) is 5.32 Å². The number of nitrogens with two attached hydrogens (primary N) is 1. The summed E-state index contributed by atoms with van der Waals surface area (Å²) in [6, 6.07) is 12.9. The summed E-state index contributed by atoms with van der Waals surface area (Å²) < 4.78 is 5.75. The number of carbonyl (C=O) groups is 1. The highest BCUT2D eigenvalue weighted by Crippen LogP contribution is 2.26. The van der Waals surface area contributed by atoms with Crippen molar-refractivity contribution < 1.29 is 9.53 Å². The second-order valence-electron chi connectivity index (χ2n) is 4.60. The van der Waals surface area contributed by atoms with E-state index in [4.69, 9.17) is 22.1 Å². The van der Waals surface area contributed by atoms with Gasteiger partial charge in [-0.15, -0.1) is 0 Å². The lowest BCUT2D eigenvalue weighted by molar-refractivity contribution is -0.114. The summed E-state index contributed by atoms with van der Waals surface area (Å²) in [6.45, 7) is 2.23. The lowest BCUT2D eigenvalue weighted by Crippen LogP contribution is -2.08. The number of carbonyl (C=O) groups excluding carboxylic acids is 1. The van der Waals surface area contributed by atoms with Crippen molar-refractivity contribution in [1.82, 2.24) is 0 Å². The van der Waals surface area contributed by atoms with Gasteiger partial charge in [0.05, 0.1) is 5.69 Å². The van der Waals surface area contributed by atoms with E-state index >= 15 is 0 Å². The average molecular weight is 305 g/mol. The van der Waals surface area contributed by atoms with E-state index in [1.807, 2.05) is 30.3 Å². The first kappa shape index (κ1) is 15.4. The third-order valence-corrected chi connectivity index (χ3v) is 3.29. The predicted octanol–water partition coefficient (Wildman–Crippen LogP) is 3.34. The predicted molar refractivity (Wildman–Crippen MR) is 84.4 cm³/mol. The molecule has 0 bridgehead atoms. The van der Waals surface area contributed by atoms with Crippen LogP contribution in [0.15, 0.2) is 42.5 Å². The first-order valence-electron chi connectivity index (χ1n) is 6.57. The molecule has 4 nitrogen and oxygen atoms in total. The molecule has 0 saturated heterocycles. The molecule has 2 aromatic rings. The van der Waals surface area contributed by atoms with Crippen molar-refractivity contribution >= 4 is 23.2 Å². The van der Waals surface area contributed by atoms with Gasteiger partial charge in [-0.3, -0.25) is 4.79 Å². The van der Waals surface area contributed by atoms with E-state index in [0.29, 0.717) is 29.6 Å². The van der Waals surface area contributed by atoms with E-state index in [-0.39, 0.29) is 5.91 Å². The number of ether oxygens (including phenoxy) is 1. The molecule has 0 aliphatic carbocycles. The second kappa shape index (κ2) is 7.11. The molecule has 0 saturated carbocycles. The quantitative estimate of drug-likeness (QED) is 0.890. The van der Waals surface area contributed by atoms with Crippen LogP contribution in [-0.2, 0) is 17.9 Å². The Morgan fingerprint density at radius 1 is 1.29 bits per heavy atom. The normalized spacial score (nSPS) is 10.2. The Morgan fingerprint density at radius 2 is 2.05 bits per heavy atom. The van der Waals surface area contributed by atoms with E-state index in [2.05, 4.69) is 5.32 Å². The average Bonchev–Trinajstić information content (AvgIpc) is 2.46. The Hall–Kier alpha value is -2.04. The zero-order valence-corrected chi connectivity index (χ0v) is 12.5. The van der Waals surface area contributed by atoms with E-state index in [1.54, 1.807) is 12.1 Å². The van der Waals surface area contributed by atoms with Gasteiger partial charge in [-0.25, -0.2) is 0 Å². The topological polar surface area (TPSA) is 64.3 Å². The fourth-order valence-corrected chi connectivity index (χ4v) is 2.13. The van der Waals surface area contributed by atoms with Crippen LogP contribution in [0.2, 0.25) is 5.02 Å². The number of amides is 1. The van der Waals surface area contributed by atoms with Crippen molar-refractivity contribution in [3.8, 4) is 5.75 Å². The number of halogens is 1. The third-order valence-electron chi connectivity index (χ3n) is 2.93. The van der Waals surface area contributed by atoms with Gasteiger partial charge in [-0.1, -0.05) is 35.9 Å². The smallest absolute Gasteiger partial charge is 0.221 e. The third kappa shape index (κ3) is 4.21. The maximum Gasteiger partial charge on any atom is 0.221 e. The fourth-order valence-electron chi connectivity index (χ4n) is 1.88. The van der Waals surface area contributed by atoms with Gasteiger partial charge in [0.25, 0.3) is 0 Å². The minimum Gasteiger partial charge on any atom is -0.487 e. The molecule has 110 valence electrons.